The minimum atomic E-state index is -0.287. The second-order valence-corrected chi connectivity index (χ2v) is 5.77. The SMILES string of the molecule is COc1cccc(Nc2nc3ccccc3nc2-c2ccc(F)cc2)c1. The summed E-state index contributed by atoms with van der Waals surface area (Å²) in [6.07, 6.45) is 0. The smallest absolute Gasteiger partial charge is 0.157 e. The standard InChI is InChI=1S/C21H16FN3O/c1-26-17-6-4-5-16(13-17)23-21-20(14-9-11-15(22)12-10-14)24-18-7-2-3-8-19(18)25-21/h2-13H,1H3,(H,23,25). The molecule has 0 atom stereocenters. The van der Waals surface area contributed by atoms with E-state index in [9.17, 15) is 4.39 Å². The monoisotopic (exact) mass is 345 g/mol. The highest BCUT2D eigenvalue weighted by atomic mass is 19.1. The van der Waals surface area contributed by atoms with Crippen LogP contribution in [0.4, 0.5) is 15.9 Å². The Kier molecular flexibility index (Phi) is 4.19. The van der Waals surface area contributed by atoms with Gasteiger partial charge in [-0.1, -0.05) is 18.2 Å². The average Bonchev–Trinajstić information content (AvgIpc) is 2.68. The van der Waals surface area contributed by atoms with E-state index in [-0.39, 0.29) is 5.82 Å². The fourth-order valence-electron chi connectivity index (χ4n) is 2.73. The number of fused-ring (bicyclic) bond motifs is 1. The molecule has 0 radical (unpaired) electrons. The second kappa shape index (κ2) is 6.80. The van der Waals surface area contributed by atoms with Crippen molar-refractivity contribution in [1.29, 1.82) is 0 Å². The van der Waals surface area contributed by atoms with Gasteiger partial charge in [0.15, 0.2) is 5.82 Å². The predicted molar refractivity (Wildman–Crippen MR) is 101 cm³/mol. The number of hydrogen-bond donors (Lipinski definition) is 1. The van der Waals surface area contributed by atoms with Crippen LogP contribution in [0, 0.1) is 5.82 Å². The zero-order valence-corrected chi connectivity index (χ0v) is 14.1. The molecule has 0 spiro atoms. The molecular weight excluding hydrogens is 329 g/mol. The molecule has 0 saturated heterocycles. The fraction of sp³-hybridized carbons (Fsp3) is 0.0476. The first-order valence-electron chi connectivity index (χ1n) is 8.17. The predicted octanol–water partition coefficient (Wildman–Crippen LogP) is 5.19. The van der Waals surface area contributed by atoms with Gasteiger partial charge in [-0.05, 0) is 48.5 Å². The number of hydrogen-bond acceptors (Lipinski definition) is 4. The van der Waals surface area contributed by atoms with Gasteiger partial charge in [0.1, 0.15) is 17.3 Å². The van der Waals surface area contributed by atoms with Crippen LogP contribution in [0.15, 0.2) is 72.8 Å². The highest BCUT2D eigenvalue weighted by Gasteiger charge is 2.12. The molecule has 128 valence electrons. The first-order valence-corrected chi connectivity index (χ1v) is 8.17. The van der Waals surface area contributed by atoms with Crippen LogP contribution in [-0.2, 0) is 0 Å². The van der Waals surface area contributed by atoms with E-state index >= 15 is 0 Å². The molecule has 0 aliphatic carbocycles. The van der Waals surface area contributed by atoms with Crippen molar-refractivity contribution in [2.24, 2.45) is 0 Å². The van der Waals surface area contributed by atoms with Crippen molar-refractivity contribution in [2.45, 2.75) is 0 Å². The highest BCUT2D eigenvalue weighted by Crippen LogP contribution is 2.30. The Morgan fingerprint density at radius 3 is 2.31 bits per heavy atom. The van der Waals surface area contributed by atoms with E-state index < -0.39 is 0 Å². The number of methoxy groups -OCH3 is 1. The Hall–Kier alpha value is -3.47. The van der Waals surface area contributed by atoms with E-state index in [0.717, 1.165) is 28.0 Å². The Labute approximate surface area is 150 Å². The van der Waals surface area contributed by atoms with Gasteiger partial charge in [-0.25, -0.2) is 14.4 Å². The number of ether oxygens (including phenoxy) is 1. The number of anilines is 2. The number of rotatable bonds is 4. The Morgan fingerprint density at radius 2 is 1.58 bits per heavy atom. The largest absolute Gasteiger partial charge is 0.497 e. The van der Waals surface area contributed by atoms with Crippen LogP contribution in [0.25, 0.3) is 22.3 Å². The Balaban J connectivity index is 1.85. The topological polar surface area (TPSA) is 47.0 Å². The van der Waals surface area contributed by atoms with Crippen LogP contribution in [-0.4, -0.2) is 17.1 Å². The van der Waals surface area contributed by atoms with Gasteiger partial charge in [0, 0.05) is 17.3 Å². The van der Waals surface area contributed by atoms with Crippen LogP contribution in [0.5, 0.6) is 5.75 Å². The van der Waals surface area contributed by atoms with Crippen molar-refractivity contribution >= 4 is 22.5 Å². The molecule has 4 nitrogen and oxygen atoms in total. The third-order valence-corrected chi connectivity index (χ3v) is 4.02. The molecule has 1 N–H and O–H groups in total. The summed E-state index contributed by atoms with van der Waals surface area (Å²) in [5.41, 5.74) is 3.84. The molecule has 3 aromatic carbocycles. The van der Waals surface area contributed by atoms with E-state index in [4.69, 9.17) is 14.7 Å². The molecule has 0 saturated carbocycles. The molecule has 4 aromatic rings. The van der Waals surface area contributed by atoms with Crippen molar-refractivity contribution in [1.82, 2.24) is 9.97 Å². The Bertz CT molecular complexity index is 1060. The number of benzene rings is 3. The van der Waals surface area contributed by atoms with Gasteiger partial charge in [0.05, 0.1) is 18.1 Å². The summed E-state index contributed by atoms with van der Waals surface area (Å²) in [5, 5.41) is 3.31. The van der Waals surface area contributed by atoms with Crippen LogP contribution < -0.4 is 10.1 Å². The molecule has 1 aromatic heterocycles. The number of aromatic nitrogens is 2. The molecule has 0 bridgehead atoms. The van der Waals surface area contributed by atoms with Crippen LogP contribution in [0.1, 0.15) is 0 Å². The van der Waals surface area contributed by atoms with Crippen LogP contribution >= 0.6 is 0 Å². The number of para-hydroxylation sites is 2. The van der Waals surface area contributed by atoms with Gasteiger partial charge >= 0.3 is 0 Å². The highest BCUT2D eigenvalue weighted by molar-refractivity contribution is 5.84. The molecule has 4 rings (SSSR count). The third-order valence-electron chi connectivity index (χ3n) is 4.02. The molecular formula is C21H16FN3O. The van der Waals surface area contributed by atoms with E-state index in [1.807, 2.05) is 48.5 Å². The van der Waals surface area contributed by atoms with Gasteiger partial charge in [-0.2, -0.15) is 0 Å². The first kappa shape index (κ1) is 16.0. The van der Waals surface area contributed by atoms with Crippen molar-refractivity contribution in [3.05, 3.63) is 78.6 Å². The van der Waals surface area contributed by atoms with E-state index in [0.29, 0.717) is 11.5 Å². The van der Waals surface area contributed by atoms with Crippen LogP contribution in [0.3, 0.4) is 0 Å². The number of nitrogens with zero attached hydrogens (tertiary/aromatic N) is 2. The summed E-state index contributed by atoms with van der Waals surface area (Å²) in [5.74, 6) is 1.06. The summed E-state index contributed by atoms with van der Waals surface area (Å²) < 4.78 is 18.6. The molecule has 0 unspecified atom stereocenters. The minimum absolute atomic E-state index is 0.287. The maximum absolute atomic E-state index is 13.3. The number of nitrogens with one attached hydrogen (secondary N) is 1. The van der Waals surface area contributed by atoms with Crippen molar-refractivity contribution in [3.8, 4) is 17.0 Å². The maximum Gasteiger partial charge on any atom is 0.157 e. The molecule has 5 heteroatoms. The molecule has 0 amide bonds. The van der Waals surface area contributed by atoms with E-state index in [2.05, 4.69) is 5.32 Å². The summed E-state index contributed by atoms with van der Waals surface area (Å²) in [7, 11) is 1.62. The summed E-state index contributed by atoms with van der Waals surface area (Å²) in [6, 6.07) is 21.5. The normalized spacial score (nSPS) is 10.7. The third kappa shape index (κ3) is 3.19. The molecule has 0 fully saturated rings. The van der Waals surface area contributed by atoms with Gasteiger partial charge in [-0.3, -0.25) is 0 Å². The first-order chi connectivity index (χ1) is 12.7. The minimum Gasteiger partial charge on any atom is -0.497 e. The van der Waals surface area contributed by atoms with Crippen molar-refractivity contribution in [3.63, 3.8) is 0 Å². The Morgan fingerprint density at radius 1 is 0.846 bits per heavy atom. The molecule has 26 heavy (non-hydrogen) atoms. The lowest BCUT2D eigenvalue weighted by Gasteiger charge is -2.13. The lowest BCUT2D eigenvalue weighted by molar-refractivity contribution is 0.415. The number of halogens is 1. The summed E-state index contributed by atoms with van der Waals surface area (Å²) in [4.78, 5) is 9.45. The second-order valence-electron chi connectivity index (χ2n) is 5.77. The molecule has 0 aliphatic rings. The van der Waals surface area contributed by atoms with Gasteiger partial charge < -0.3 is 10.1 Å². The molecule has 0 aliphatic heterocycles. The van der Waals surface area contributed by atoms with Crippen molar-refractivity contribution in [2.75, 3.05) is 12.4 Å². The zero-order valence-electron chi connectivity index (χ0n) is 14.1. The van der Waals surface area contributed by atoms with E-state index in [1.165, 1.54) is 12.1 Å². The summed E-state index contributed by atoms with van der Waals surface area (Å²) in [6.45, 7) is 0. The van der Waals surface area contributed by atoms with Crippen LogP contribution in [0.2, 0.25) is 0 Å². The van der Waals surface area contributed by atoms with Gasteiger partial charge in [0.2, 0.25) is 0 Å². The average molecular weight is 345 g/mol. The fourth-order valence-corrected chi connectivity index (χ4v) is 2.73. The lowest BCUT2D eigenvalue weighted by Crippen LogP contribution is -2.00. The molecule has 1 heterocycles. The zero-order chi connectivity index (χ0) is 17.9. The summed E-state index contributed by atoms with van der Waals surface area (Å²) >= 11 is 0. The van der Waals surface area contributed by atoms with Crippen molar-refractivity contribution < 1.29 is 9.13 Å². The van der Waals surface area contributed by atoms with E-state index in [1.54, 1.807) is 19.2 Å². The quantitative estimate of drug-likeness (QED) is 0.553. The lowest BCUT2D eigenvalue weighted by atomic mass is 10.1. The van der Waals surface area contributed by atoms with Gasteiger partial charge in [0.25, 0.3) is 0 Å². The maximum atomic E-state index is 13.3. The van der Waals surface area contributed by atoms with Gasteiger partial charge in [-0.15, -0.1) is 0 Å².